The quantitative estimate of drug-likeness (QED) is 0.435. The molecule has 10 nitrogen and oxygen atoms in total. The van der Waals surface area contributed by atoms with Crippen molar-refractivity contribution in [2.75, 3.05) is 73.0 Å². The van der Waals surface area contributed by atoms with E-state index in [-0.39, 0.29) is 6.61 Å². The summed E-state index contributed by atoms with van der Waals surface area (Å²) in [5.41, 5.74) is 4.91. The number of nitrogens with one attached hydrogen (secondary N) is 2. The van der Waals surface area contributed by atoms with Gasteiger partial charge in [0.25, 0.3) is 0 Å². The summed E-state index contributed by atoms with van der Waals surface area (Å²) < 4.78 is 11.1. The van der Waals surface area contributed by atoms with Crippen LogP contribution in [-0.2, 0) is 22.6 Å². The number of anilines is 5. The highest BCUT2D eigenvalue weighted by Gasteiger charge is 2.18. The summed E-state index contributed by atoms with van der Waals surface area (Å²) in [6, 6.07) is 12.0. The first-order valence-electron chi connectivity index (χ1n) is 12.4. The Kier molecular flexibility index (Phi) is 7.75. The predicted molar refractivity (Wildman–Crippen MR) is 140 cm³/mol. The molecular formula is C26H33N7O3. The number of morpholine rings is 2. The largest absolute Gasteiger partial charge is 0.392 e. The number of rotatable bonds is 8. The first-order valence-corrected chi connectivity index (χ1v) is 12.4. The van der Waals surface area contributed by atoms with Crippen molar-refractivity contribution in [1.82, 2.24) is 15.0 Å². The van der Waals surface area contributed by atoms with E-state index in [9.17, 15) is 5.11 Å². The van der Waals surface area contributed by atoms with E-state index in [0.717, 1.165) is 73.4 Å². The molecule has 36 heavy (non-hydrogen) atoms. The summed E-state index contributed by atoms with van der Waals surface area (Å²) in [6.07, 6.45) is 1.75. The number of aryl methyl sites for hydroxylation is 1. The monoisotopic (exact) mass is 491 g/mol. The molecule has 0 spiro atoms. The first-order chi connectivity index (χ1) is 17.7. The standard InChI is InChI=1S/C26H33N7O3/c1-19-2-3-20(18-34)14-23(19)28-17-21-4-5-27-26(29-21)31-24-15-22(32-6-10-35-11-7-32)16-25(30-24)33-8-12-36-13-9-33/h2-5,14-16,28,34H,6-13,17-18H2,1H3,(H,27,29,30,31). The van der Waals surface area contributed by atoms with Crippen LogP contribution in [0, 0.1) is 6.92 Å². The van der Waals surface area contributed by atoms with Gasteiger partial charge in [0.2, 0.25) is 5.95 Å². The minimum absolute atomic E-state index is 0.0134. The van der Waals surface area contributed by atoms with E-state index in [1.807, 2.05) is 37.3 Å². The van der Waals surface area contributed by atoms with Crippen LogP contribution in [0.3, 0.4) is 0 Å². The maximum absolute atomic E-state index is 9.44. The van der Waals surface area contributed by atoms with Gasteiger partial charge in [0.05, 0.1) is 45.3 Å². The Bertz CT molecular complexity index is 1130. The number of pyridine rings is 1. The number of ether oxygens (including phenoxy) is 2. The lowest BCUT2D eigenvalue weighted by Crippen LogP contribution is -2.38. The van der Waals surface area contributed by atoms with Gasteiger partial charge in [-0.15, -0.1) is 0 Å². The molecule has 2 aromatic heterocycles. The van der Waals surface area contributed by atoms with Crippen LogP contribution in [0.4, 0.5) is 29.0 Å². The number of hydrogen-bond acceptors (Lipinski definition) is 10. The van der Waals surface area contributed by atoms with Gasteiger partial charge >= 0.3 is 0 Å². The zero-order valence-electron chi connectivity index (χ0n) is 20.6. The smallest absolute Gasteiger partial charge is 0.228 e. The molecule has 2 saturated heterocycles. The predicted octanol–water partition coefficient (Wildman–Crippen LogP) is 2.70. The van der Waals surface area contributed by atoms with E-state index in [4.69, 9.17) is 19.4 Å². The fraction of sp³-hybridized carbons (Fsp3) is 0.423. The summed E-state index contributed by atoms with van der Waals surface area (Å²) in [4.78, 5) is 18.6. The molecule has 0 amide bonds. The molecule has 1 aromatic carbocycles. The van der Waals surface area contributed by atoms with Gasteiger partial charge in [0, 0.05) is 55.9 Å². The molecule has 0 saturated carbocycles. The molecular weight excluding hydrogens is 458 g/mol. The van der Waals surface area contributed by atoms with Crippen LogP contribution in [0.2, 0.25) is 0 Å². The minimum Gasteiger partial charge on any atom is -0.392 e. The molecule has 0 unspecified atom stereocenters. The average molecular weight is 492 g/mol. The second-order valence-corrected chi connectivity index (χ2v) is 8.93. The third-order valence-electron chi connectivity index (χ3n) is 6.41. The van der Waals surface area contributed by atoms with Crippen molar-refractivity contribution in [2.24, 2.45) is 0 Å². The second-order valence-electron chi connectivity index (χ2n) is 8.93. The normalized spacial score (nSPS) is 16.2. The van der Waals surface area contributed by atoms with Crippen LogP contribution in [0.15, 0.2) is 42.6 Å². The van der Waals surface area contributed by atoms with Crippen LogP contribution >= 0.6 is 0 Å². The van der Waals surface area contributed by atoms with E-state index in [1.165, 1.54) is 0 Å². The first kappa shape index (κ1) is 24.2. The molecule has 0 aliphatic carbocycles. The Labute approximate surface area is 211 Å². The highest BCUT2D eigenvalue weighted by molar-refractivity contribution is 5.65. The lowest BCUT2D eigenvalue weighted by molar-refractivity contribution is 0.122. The Morgan fingerprint density at radius 3 is 2.42 bits per heavy atom. The number of hydrogen-bond donors (Lipinski definition) is 3. The Morgan fingerprint density at radius 1 is 0.917 bits per heavy atom. The minimum atomic E-state index is 0.0134. The number of aromatic nitrogens is 3. The van der Waals surface area contributed by atoms with E-state index in [0.29, 0.717) is 31.5 Å². The molecule has 2 fully saturated rings. The van der Waals surface area contributed by atoms with Crippen molar-refractivity contribution in [1.29, 1.82) is 0 Å². The van der Waals surface area contributed by atoms with Crippen LogP contribution in [-0.4, -0.2) is 72.7 Å². The average Bonchev–Trinajstić information content (AvgIpc) is 2.93. The zero-order valence-corrected chi connectivity index (χ0v) is 20.6. The van der Waals surface area contributed by atoms with E-state index in [1.54, 1.807) is 6.20 Å². The van der Waals surface area contributed by atoms with Crippen LogP contribution in [0.25, 0.3) is 0 Å². The number of nitrogens with zero attached hydrogens (tertiary/aromatic N) is 5. The van der Waals surface area contributed by atoms with Crippen LogP contribution in [0.1, 0.15) is 16.8 Å². The van der Waals surface area contributed by atoms with Gasteiger partial charge in [-0.05, 0) is 30.2 Å². The molecule has 10 heteroatoms. The van der Waals surface area contributed by atoms with Gasteiger partial charge in [-0.25, -0.2) is 15.0 Å². The molecule has 4 heterocycles. The molecule has 190 valence electrons. The highest BCUT2D eigenvalue weighted by atomic mass is 16.5. The van der Waals surface area contributed by atoms with E-state index >= 15 is 0 Å². The molecule has 5 rings (SSSR count). The Balaban J connectivity index is 1.34. The third-order valence-corrected chi connectivity index (χ3v) is 6.41. The Morgan fingerprint density at radius 2 is 1.67 bits per heavy atom. The molecule has 3 N–H and O–H groups in total. The summed E-state index contributed by atoms with van der Waals surface area (Å²) >= 11 is 0. The Hall–Kier alpha value is -3.47. The molecule has 2 aliphatic heterocycles. The SMILES string of the molecule is Cc1ccc(CO)cc1NCc1ccnc(Nc2cc(N3CCOCC3)cc(N3CCOCC3)n2)n1. The van der Waals surface area contributed by atoms with Crippen molar-refractivity contribution in [2.45, 2.75) is 20.1 Å². The van der Waals surface area contributed by atoms with Gasteiger partial charge in [-0.2, -0.15) is 0 Å². The van der Waals surface area contributed by atoms with Gasteiger partial charge in [-0.1, -0.05) is 12.1 Å². The second kappa shape index (κ2) is 11.5. The van der Waals surface area contributed by atoms with Crippen molar-refractivity contribution >= 4 is 29.0 Å². The topological polar surface area (TPSA) is 108 Å². The van der Waals surface area contributed by atoms with Crippen molar-refractivity contribution in [3.8, 4) is 0 Å². The molecule has 0 radical (unpaired) electrons. The van der Waals surface area contributed by atoms with Gasteiger partial charge in [-0.3, -0.25) is 0 Å². The molecule has 0 atom stereocenters. The van der Waals surface area contributed by atoms with Crippen LogP contribution in [0.5, 0.6) is 0 Å². The number of aliphatic hydroxyl groups excluding tert-OH is 1. The summed E-state index contributed by atoms with van der Waals surface area (Å²) in [7, 11) is 0. The fourth-order valence-electron chi connectivity index (χ4n) is 4.34. The van der Waals surface area contributed by atoms with Gasteiger partial charge in [0.1, 0.15) is 11.6 Å². The summed E-state index contributed by atoms with van der Waals surface area (Å²) in [5, 5.41) is 16.2. The van der Waals surface area contributed by atoms with E-state index < -0.39 is 0 Å². The van der Waals surface area contributed by atoms with Crippen molar-refractivity contribution in [3.05, 3.63) is 59.4 Å². The van der Waals surface area contributed by atoms with E-state index in [2.05, 4.69) is 31.5 Å². The van der Waals surface area contributed by atoms with Crippen molar-refractivity contribution in [3.63, 3.8) is 0 Å². The lowest BCUT2D eigenvalue weighted by atomic mass is 10.1. The third kappa shape index (κ3) is 6.01. The summed E-state index contributed by atoms with van der Waals surface area (Å²) in [6.45, 7) is 8.74. The van der Waals surface area contributed by atoms with Crippen molar-refractivity contribution < 1.29 is 14.6 Å². The maximum Gasteiger partial charge on any atom is 0.228 e. The molecule has 3 aromatic rings. The maximum atomic E-state index is 9.44. The summed E-state index contributed by atoms with van der Waals surface area (Å²) in [5.74, 6) is 2.12. The molecule has 0 bridgehead atoms. The highest BCUT2D eigenvalue weighted by Crippen LogP contribution is 2.27. The fourth-order valence-corrected chi connectivity index (χ4v) is 4.34. The number of benzene rings is 1. The van der Waals surface area contributed by atoms with Gasteiger partial charge in [0.15, 0.2) is 0 Å². The van der Waals surface area contributed by atoms with Crippen LogP contribution < -0.4 is 20.4 Å². The molecule has 2 aliphatic rings. The lowest BCUT2D eigenvalue weighted by Gasteiger charge is -2.32. The number of aliphatic hydroxyl groups is 1. The zero-order chi connectivity index (χ0) is 24.7. The van der Waals surface area contributed by atoms with Gasteiger partial charge < -0.3 is 35.0 Å².